The van der Waals surface area contributed by atoms with Gasteiger partial charge in [-0.3, -0.25) is 9.59 Å². The molecule has 2 aromatic rings. The molecule has 5 heteroatoms. The third-order valence-electron chi connectivity index (χ3n) is 5.54. The molecule has 0 unspecified atom stereocenters. The highest BCUT2D eigenvalue weighted by Gasteiger charge is 2.52. The fourth-order valence-corrected chi connectivity index (χ4v) is 4.06. The maximum absolute atomic E-state index is 12.3. The molecule has 1 aromatic heterocycles. The normalized spacial score (nSPS) is 24.0. The van der Waals surface area contributed by atoms with E-state index in [4.69, 9.17) is 0 Å². The molecule has 1 amide bonds. The third kappa shape index (κ3) is 2.44. The smallest absolute Gasteiger partial charge is 0.279 e. The van der Waals surface area contributed by atoms with Crippen LogP contribution in [0.3, 0.4) is 0 Å². The van der Waals surface area contributed by atoms with Crippen molar-refractivity contribution in [2.45, 2.75) is 32.6 Å². The summed E-state index contributed by atoms with van der Waals surface area (Å²) in [5.41, 5.74) is 3.79. The van der Waals surface area contributed by atoms with Gasteiger partial charge in [0.25, 0.3) is 11.5 Å². The van der Waals surface area contributed by atoms with Gasteiger partial charge in [-0.1, -0.05) is 24.3 Å². The molecule has 2 aliphatic carbocycles. The van der Waals surface area contributed by atoms with Crippen LogP contribution in [0.5, 0.6) is 0 Å². The van der Waals surface area contributed by atoms with Crippen molar-refractivity contribution in [3.63, 3.8) is 0 Å². The van der Waals surface area contributed by atoms with E-state index in [0.29, 0.717) is 35.7 Å². The van der Waals surface area contributed by atoms with Crippen LogP contribution in [0.25, 0.3) is 0 Å². The molecule has 124 valence electrons. The molecule has 1 saturated carbocycles. The molecule has 0 aliphatic heterocycles. The molecule has 2 N–H and O–H groups in total. The summed E-state index contributed by atoms with van der Waals surface area (Å²) in [5, 5.41) is 2.91. The van der Waals surface area contributed by atoms with Crippen molar-refractivity contribution in [2.75, 3.05) is 6.54 Å². The molecule has 3 atom stereocenters. The van der Waals surface area contributed by atoms with E-state index < -0.39 is 5.56 Å². The molecule has 1 aromatic carbocycles. The molecule has 1 fully saturated rings. The number of hydrogen-bond acceptors (Lipinski definition) is 3. The molecule has 0 spiro atoms. The first-order valence-electron chi connectivity index (χ1n) is 8.50. The van der Waals surface area contributed by atoms with E-state index in [2.05, 4.69) is 39.6 Å². The van der Waals surface area contributed by atoms with Crippen molar-refractivity contribution in [1.82, 2.24) is 15.3 Å². The number of nitrogens with zero attached hydrogens (tertiary/aromatic N) is 1. The number of aryl methyl sites for hydroxylation is 3. The average molecular weight is 323 g/mol. The van der Waals surface area contributed by atoms with Gasteiger partial charge in [0.2, 0.25) is 0 Å². The Morgan fingerprint density at radius 3 is 2.96 bits per heavy atom. The SMILES string of the molecule is Cc1nc(C(=O)NC[C@@H]2[C@@H]3CCc4ccccc4[C@@H]23)c(=O)[nH]c1C. The first kappa shape index (κ1) is 15.1. The summed E-state index contributed by atoms with van der Waals surface area (Å²) in [6, 6.07) is 8.60. The fraction of sp³-hybridized carbons (Fsp3) is 0.421. The molecule has 5 nitrogen and oxygen atoms in total. The van der Waals surface area contributed by atoms with E-state index in [9.17, 15) is 9.59 Å². The maximum atomic E-state index is 12.3. The van der Waals surface area contributed by atoms with Crippen LogP contribution in [0, 0.1) is 25.7 Å². The number of H-pyrrole nitrogens is 1. The molecule has 24 heavy (non-hydrogen) atoms. The van der Waals surface area contributed by atoms with Gasteiger partial charge >= 0.3 is 0 Å². The van der Waals surface area contributed by atoms with Crippen molar-refractivity contribution in [2.24, 2.45) is 11.8 Å². The summed E-state index contributed by atoms with van der Waals surface area (Å²) in [7, 11) is 0. The Morgan fingerprint density at radius 2 is 2.12 bits per heavy atom. The predicted octanol–water partition coefficient (Wildman–Crippen LogP) is 2.09. The fourth-order valence-electron chi connectivity index (χ4n) is 4.06. The van der Waals surface area contributed by atoms with E-state index in [-0.39, 0.29) is 11.6 Å². The quantitative estimate of drug-likeness (QED) is 0.908. The number of carbonyl (C=O) groups is 1. The molecular weight excluding hydrogens is 302 g/mol. The lowest BCUT2D eigenvalue weighted by Gasteiger charge is -2.13. The van der Waals surface area contributed by atoms with Gasteiger partial charge in [-0.15, -0.1) is 0 Å². The lowest BCUT2D eigenvalue weighted by Crippen LogP contribution is -2.33. The second-order valence-corrected chi connectivity index (χ2v) is 6.93. The van der Waals surface area contributed by atoms with Crippen LogP contribution in [0.1, 0.15) is 45.3 Å². The molecule has 4 rings (SSSR count). The minimum Gasteiger partial charge on any atom is -0.350 e. The summed E-state index contributed by atoms with van der Waals surface area (Å²) >= 11 is 0. The Labute approximate surface area is 140 Å². The van der Waals surface area contributed by atoms with Gasteiger partial charge in [-0.25, -0.2) is 4.98 Å². The van der Waals surface area contributed by atoms with E-state index in [1.165, 1.54) is 17.5 Å². The number of carbonyl (C=O) groups excluding carboxylic acids is 1. The molecule has 2 aliphatic rings. The molecule has 0 bridgehead atoms. The van der Waals surface area contributed by atoms with Crippen LogP contribution in [-0.2, 0) is 6.42 Å². The van der Waals surface area contributed by atoms with Gasteiger partial charge in [-0.2, -0.15) is 0 Å². The van der Waals surface area contributed by atoms with E-state index in [1.807, 2.05) is 0 Å². The van der Waals surface area contributed by atoms with Gasteiger partial charge in [0.1, 0.15) is 0 Å². The summed E-state index contributed by atoms with van der Waals surface area (Å²) in [5.74, 6) is 1.31. The maximum Gasteiger partial charge on any atom is 0.279 e. The molecular formula is C19H21N3O2. The molecule has 1 heterocycles. The number of aromatic amines is 1. The summed E-state index contributed by atoms with van der Waals surface area (Å²) in [6.45, 7) is 4.17. The Balaban J connectivity index is 1.45. The van der Waals surface area contributed by atoms with E-state index in [1.54, 1.807) is 13.8 Å². The first-order chi connectivity index (χ1) is 11.6. The lowest BCUT2D eigenvalue weighted by atomic mass is 9.92. The van der Waals surface area contributed by atoms with Crippen LogP contribution in [0.15, 0.2) is 29.1 Å². The zero-order valence-corrected chi connectivity index (χ0v) is 13.9. The van der Waals surface area contributed by atoms with Gasteiger partial charge in [-0.05, 0) is 55.6 Å². The predicted molar refractivity (Wildman–Crippen MR) is 91.1 cm³/mol. The van der Waals surface area contributed by atoms with Gasteiger partial charge < -0.3 is 10.3 Å². The minimum absolute atomic E-state index is 0.0397. The standard InChI is InChI=1S/C19H21N3O2/c1-10-11(2)22-19(24)17(21-10)18(23)20-9-15-14-8-7-12-5-3-4-6-13(12)16(14)15/h3-6,14-16H,7-9H2,1-2H3,(H,20,23)(H,22,24)/t14-,15+,16+/m0/s1. The second kappa shape index (κ2) is 5.58. The lowest BCUT2D eigenvalue weighted by molar-refractivity contribution is 0.0944. The van der Waals surface area contributed by atoms with Crippen LogP contribution < -0.4 is 10.9 Å². The van der Waals surface area contributed by atoms with Crippen LogP contribution in [-0.4, -0.2) is 22.4 Å². The number of hydrogen-bond donors (Lipinski definition) is 2. The largest absolute Gasteiger partial charge is 0.350 e. The van der Waals surface area contributed by atoms with Crippen molar-refractivity contribution in [3.05, 3.63) is 62.8 Å². The van der Waals surface area contributed by atoms with Gasteiger partial charge in [0.05, 0.1) is 5.69 Å². The van der Waals surface area contributed by atoms with Crippen molar-refractivity contribution < 1.29 is 4.79 Å². The van der Waals surface area contributed by atoms with Crippen molar-refractivity contribution in [1.29, 1.82) is 0 Å². The Kier molecular flexibility index (Phi) is 3.52. The third-order valence-corrected chi connectivity index (χ3v) is 5.54. The Bertz CT molecular complexity index is 871. The number of aromatic nitrogens is 2. The average Bonchev–Trinajstić information content (AvgIpc) is 3.30. The highest BCUT2D eigenvalue weighted by molar-refractivity contribution is 5.91. The van der Waals surface area contributed by atoms with Crippen molar-refractivity contribution in [3.8, 4) is 0 Å². The van der Waals surface area contributed by atoms with Crippen LogP contribution in [0.4, 0.5) is 0 Å². The topological polar surface area (TPSA) is 74.8 Å². The number of nitrogens with one attached hydrogen (secondary N) is 2. The second-order valence-electron chi connectivity index (χ2n) is 6.93. The van der Waals surface area contributed by atoms with Gasteiger partial charge in [0.15, 0.2) is 5.69 Å². The monoisotopic (exact) mass is 323 g/mol. The number of fused-ring (bicyclic) bond motifs is 3. The highest BCUT2D eigenvalue weighted by Crippen LogP contribution is 2.59. The zero-order chi connectivity index (χ0) is 16.8. The van der Waals surface area contributed by atoms with E-state index in [0.717, 1.165) is 6.42 Å². The van der Waals surface area contributed by atoms with Crippen molar-refractivity contribution >= 4 is 5.91 Å². The van der Waals surface area contributed by atoms with Gasteiger partial charge in [0, 0.05) is 12.2 Å². The summed E-state index contributed by atoms with van der Waals surface area (Å²) in [6.07, 6.45) is 2.31. The molecule has 0 saturated heterocycles. The van der Waals surface area contributed by atoms with E-state index >= 15 is 0 Å². The first-order valence-corrected chi connectivity index (χ1v) is 8.50. The number of rotatable bonds is 3. The Morgan fingerprint density at radius 1 is 1.33 bits per heavy atom. The Hall–Kier alpha value is -2.43. The minimum atomic E-state index is -0.422. The highest BCUT2D eigenvalue weighted by atomic mass is 16.2. The summed E-state index contributed by atoms with van der Waals surface area (Å²) in [4.78, 5) is 31.1. The van der Waals surface area contributed by atoms with Crippen LogP contribution in [0.2, 0.25) is 0 Å². The van der Waals surface area contributed by atoms with Crippen LogP contribution >= 0.6 is 0 Å². The zero-order valence-electron chi connectivity index (χ0n) is 13.9. The number of amides is 1. The summed E-state index contributed by atoms with van der Waals surface area (Å²) < 4.78 is 0. The number of benzene rings is 1. The molecule has 0 radical (unpaired) electrons.